The third kappa shape index (κ3) is 3.76. The topological polar surface area (TPSA) is 55.6 Å². The molecule has 4 nitrogen and oxygen atoms in total. The number of nitrogens with zero attached hydrogens (tertiary/aromatic N) is 1. The van der Waals surface area contributed by atoms with E-state index in [-0.39, 0.29) is 12.5 Å². The number of ether oxygens (including phenoxy) is 1. The number of hydrogen-bond acceptors (Lipinski definition) is 3. The number of carbonyl (C=O) groups is 1. The van der Waals surface area contributed by atoms with Gasteiger partial charge in [-0.05, 0) is 19.8 Å². The number of piperidine rings is 1. The lowest BCUT2D eigenvalue weighted by atomic mass is 9.97. The van der Waals surface area contributed by atoms with Crippen molar-refractivity contribution in [2.75, 3.05) is 26.3 Å². The van der Waals surface area contributed by atoms with E-state index in [4.69, 9.17) is 22.7 Å². The van der Waals surface area contributed by atoms with Gasteiger partial charge in [-0.1, -0.05) is 12.2 Å². The summed E-state index contributed by atoms with van der Waals surface area (Å²) in [7, 11) is 0. The summed E-state index contributed by atoms with van der Waals surface area (Å²) >= 11 is 4.94. The highest BCUT2D eigenvalue weighted by molar-refractivity contribution is 7.80. The molecular weight excluding hydrogens is 212 g/mol. The van der Waals surface area contributed by atoms with Crippen LogP contribution in [0.2, 0.25) is 0 Å². The van der Waals surface area contributed by atoms with Crippen molar-refractivity contribution in [2.24, 2.45) is 11.7 Å². The van der Waals surface area contributed by atoms with Gasteiger partial charge in [-0.2, -0.15) is 0 Å². The van der Waals surface area contributed by atoms with Gasteiger partial charge in [0.15, 0.2) is 0 Å². The molecule has 0 aliphatic carbocycles. The van der Waals surface area contributed by atoms with E-state index in [2.05, 4.69) is 0 Å². The Bertz CT molecular complexity index is 238. The van der Waals surface area contributed by atoms with Gasteiger partial charge in [0, 0.05) is 25.6 Å². The van der Waals surface area contributed by atoms with E-state index in [1.165, 1.54) is 0 Å². The van der Waals surface area contributed by atoms with Crippen molar-refractivity contribution < 1.29 is 9.53 Å². The van der Waals surface area contributed by atoms with Gasteiger partial charge >= 0.3 is 0 Å². The Labute approximate surface area is 95.8 Å². The minimum Gasteiger partial charge on any atom is -0.393 e. The van der Waals surface area contributed by atoms with Crippen LogP contribution in [0.15, 0.2) is 0 Å². The van der Waals surface area contributed by atoms with E-state index in [0.717, 1.165) is 25.9 Å². The standard InChI is InChI=1S/C10H18N2O2S/c1-2-14-7-9(13)12-5-3-8(4-6-12)10(11)15/h8H,2-7H2,1H3,(H2,11,15). The first-order valence-corrected chi connectivity index (χ1v) is 5.70. The van der Waals surface area contributed by atoms with Gasteiger partial charge in [0.25, 0.3) is 0 Å². The summed E-state index contributed by atoms with van der Waals surface area (Å²) in [6.07, 6.45) is 1.76. The van der Waals surface area contributed by atoms with Crippen molar-refractivity contribution in [2.45, 2.75) is 19.8 Å². The van der Waals surface area contributed by atoms with E-state index in [0.29, 0.717) is 17.5 Å². The van der Waals surface area contributed by atoms with Crippen LogP contribution in [0.1, 0.15) is 19.8 Å². The van der Waals surface area contributed by atoms with Crippen LogP contribution in [0.3, 0.4) is 0 Å². The minimum absolute atomic E-state index is 0.0678. The van der Waals surface area contributed by atoms with Gasteiger partial charge in [-0.25, -0.2) is 0 Å². The molecule has 5 heteroatoms. The molecule has 1 fully saturated rings. The zero-order valence-corrected chi connectivity index (χ0v) is 9.89. The summed E-state index contributed by atoms with van der Waals surface area (Å²) in [5.74, 6) is 0.370. The van der Waals surface area contributed by atoms with Crippen LogP contribution in [-0.2, 0) is 9.53 Å². The molecule has 1 amide bonds. The van der Waals surface area contributed by atoms with Crippen LogP contribution >= 0.6 is 12.2 Å². The highest BCUT2D eigenvalue weighted by Gasteiger charge is 2.23. The van der Waals surface area contributed by atoms with Crippen molar-refractivity contribution in [3.05, 3.63) is 0 Å². The number of likely N-dealkylation sites (tertiary alicyclic amines) is 1. The van der Waals surface area contributed by atoms with Crippen LogP contribution in [0, 0.1) is 5.92 Å². The molecule has 1 aliphatic heterocycles. The first-order chi connectivity index (χ1) is 7.15. The Kier molecular flexibility index (Phi) is 4.98. The second-order valence-corrected chi connectivity index (χ2v) is 4.17. The van der Waals surface area contributed by atoms with Crippen molar-refractivity contribution in [3.8, 4) is 0 Å². The third-order valence-corrected chi connectivity index (χ3v) is 3.01. The Balaban J connectivity index is 2.30. The summed E-state index contributed by atoms with van der Waals surface area (Å²) < 4.78 is 5.08. The Morgan fingerprint density at radius 2 is 2.13 bits per heavy atom. The molecule has 0 saturated carbocycles. The highest BCUT2D eigenvalue weighted by atomic mass is 32.1. The largest absolute Gasteiger partial charge is 0.393 e. The molecule has 0 radical (unpaired) electrons. The summed E-state index contributed by atoms with van der Waals surface area (Å²) in [4.78, 5) is 14.0. The summed E-state index contributed by atoms with van der Waals surface area (Å²) in [5.41, 5.74) is 5.57. The number of nitrogens with two attached hydrogens (primary N) is 1. The van der Waals surface area contributed by atoms with Crippen LogP contribution in [0.4, 0.5) is 0 Å². The number of hydrogen-bond donors (Lipinski definition) is 1. The molecule has 1 aliphatic rings. The predicted molar refractivity (Wildman–Crippen MR) is 62.6 cm³/mol. The fraction of sp³-hybridized carbons (Fsp3) is 0.800. The van der Waals surface area contributed by atoms with E-state index < -0.39 is 0 Å². The van der Waals surface area contributed by atoms with Crippen molar-refractivity contribution in [1.82, 2.24) is 4.90 Å². The lowest BCUT2D eigenvalue weighted by Gasteiger charge is -2.31. The zero-order valence-electron chi connectivity index (χ0n) is 9.07. The van der Waals surface area contributed by atoms with Gasteiger partial charge in [-0.3, -0.25) is 4.79 Å². The zero-order chi connectivity index (χ0) is 11.3. The molecule has 1 saturated heterocycles. The minimum atomic E-state index is 0.0678. The Morgan fingerprint density at radius 3 is 2.60 bits per heavy atom. The molecule has 0 bridgehead atoms. The average molecular weight is 230 g/mol. The Hall–Kier alpha value is -0.680. The van der Waals surface area contributed by atoms with Crippen LogP contribution < -0.4 is 5.73 Å². The van der Waals surface area contributed by atoms with Gasteiger partial charge in [0.1, 0.15) is 6.61 Å². The monoisotopic (exact) mass is 230 g/mol. The first kappa shape index (κ1) is 12.4. The molecule has 0 spiro atoms. The molecule has 0 aromatic carbocycles. The maximum Gasteiger partial charge on any atom is 0.248 e. The molecule has 1 rings (SSSR count). The van der Waals surface area contributed by atoms with E-state index >= 15 is 0 Å². The first-order valence-electron chi connectivity index (χ1n) is 5.30. The molecule has 1 heterocycles. The maximum absolute atomic E-state index is 11.6. The van der Waals surface area contributed by atoms with Crippen molar-refractivity contribution in [1.29, 1.82) is 0 Å². The average Bonchev–Trinajstić information content (AvgIpc) is 2.26. The molecule has 0 aromatic rings. The number of amides is 1. The maximum atomic E-state index is 11.6. The van der Waals surface area contributed by atoms with E-state index in [1.54, 1.807) is 0 Å². The molecule has 0 atom stereocenters. The molecule has 0 unspecified atom stereocenters. The van der Waals surface area contributed by atoms with E-state index in [9.17, 15) is 4.79 Å². The van der Waals surface area contributed by atoms with Crippen molar-refractivity contribution in [3.63, 3.8) is 0 Å². The molecule has 0 aromatic heterocycles. The van der Waals surface area contributed by atoms with Gasteiger partial charge in [0.05, 0.1) is 4.99 Å². The van der Waals surface area contributed by atoms with Crippen molar-refractivity contribution >= 4 is 23.1 Å². The quantitative estimate of drug-likeness (QED) is 0.717. The van der Waals surface area contributed by atoms with Gasteiger partial charge < -0.3 is 15.4 Å². The lowest BCUT2D eigenvalue weighted by Crippen LogP contribution is -2.42. The molecular formula is C10H18N2O2S. The SMILES string of the molecule is CCOCC(=O)N1CCC(C(N)=S)CC1. The van der Waals surface area contributed by atoms with Gasteiger partial charge in [0.2, 0.25) is 5.91 Å². The number of carbonyl (C=O) groups excluding carboxylic acids is 1. The van der Waals surface area contributed by atoms with Crippen LogP contribution in [-0.4, -0.2) is 42.1 Å². The summed E-state index contributed by atoms with van der Waals surface area (Å²) in [6, 6.07) is 0. The van der Waals surface area contributed by atoms with Crippen LogP contribution in [0.25, 0.3) is 0 Å². The molecule has 15 heavy (non-hydrogen) atoms. The molecule has 2 N–H and O–H groups in total. The fourth-order valence-electron chi connectivity index (χ4n) is 1.69. The van der Waals surface area contributed by atoms with E-state index in [1.807, 2.05) is 11.8 Å². The predicted octanol–water partition coefficient (Wildman–Crippen LogP) is 0.548. The Morgan fingerprint density at radius 1 is 1.53 bits per heavy atom. The van der Waals surface area contributed by atoms with Gasteiger partial charge in [-0.15, -0.1) is 0 Å². The summed E-state index contributed by atoms with van der Waals surface area (Å²) in [6.45, 7) is 4.14. The second kappa shape index (κ2) is 6.02. The normalized spacial score (nSPS) is 17.8. The van der Waals surface area contributed by atoms with Crippen LogP contribution in [0.5, 0.6) is 0 Å². The third-order valence-electron chi connectivity index (χ3n) is 2.68. The lowest BCUT2D eigenvalue weighted by molar-refractivity contribution is -0.137. The fourth-order valence-corrected chi connectivity index (χ4v) is 1.93. The highest BCUT2D eigenvalue weighted by Crippen LogP contribution is 2.17. The number of thiocarbonyl (C=S) groups is 1. The second-order valence-electron chi connectivity index (χ2n) is 3.69. The summed E-state index contributed by atoms with van der Waals surface area (Å²) in [5, 5.41) is 0. The number of rotatable bonds is 4. The smallest absolute Gasteiger partial charge is 0.248 e. The molecule has 86 valence electrons.